The predicted molar refractivity (Wildman–Crippen MR) is 82.4 cm³/mol. The van der Waals surface area contributed by atoms with E-state index in [1.807, 2.05) is 6.20 Å². The maximum atomic E-state index is 12.6. The molecule has 2 aromatic heterocycles. The number of hydrogen-bond donors (Lipinski definition) is 3. The van der Waals surface area contributed by atoms with Gasteiger partial charge in [0.15, 0.2) is 0 Å². The third-order valence-electron chi connectivity index (χ3n) is 4.50. The van der Waals surface area contributed by atoms with E-state index < -0.39 is 30.1 Å². The van der Waals surface area contributed by atoms with Gasteiger partial charge in [-0.3, -0.25) is 9.67 Å². The number of aromatic nitrogens is 3. The van der Waals surface area contributed by atoms with Gasteiger partial charge in [-0.15, -0.1) is 0 Å². The van der Waals surface area contributed by atoms with Gasteiger partial charge in [0.05, 0.1) is 18.4 Å². The molecule has 25 heavy (non-hydrogen) atoms. The SMILES string of the molecule is Cn1cc(CN[C@H]2[C@H](O)[C@H](O)C[C@@H]2c2ccc(C(F)(F)F)nc2)cn1. The van der Waals surface area contributed by atoms with E-state index in [1.165, 1.54) is 6.07 Å². The van der Waals surface area contributed by atoms with E-state index in [0.717, 1.165) is 17.8 Å². The van der Waals surface area contributed by atoms with Crippen LogP contribution in [0.15, 0.2) is 30.7 Å². The molecule has 1 aliphatic rings. The first-order valence-corrected chi connectivity index (χ1v) is 7.86. The Balaban J connectivity index is 1.76. The van der Waals surface area contributed by atoms with Crippen molar-refractivity contribution in [2.75, 3.05) is 0 Å². The second kappa shape index (κ2) is 6.74. The number of aliphatic hydroxyl groups excluding tert-OH is 2. The molecule has 0 spiro atoms. The van der Waals surface area contributed by atoms with Gasteiger partial charge < -0.3 is 15.5 Å². The first kappa shape index (κ1) is 17.8. The second-order valence-electron chi connectivity index (χ2n) is 6.30. The lowest BCUT2D eigenvalue weighted by molar-refractivity contribution is -0.141. The first-order valence-electron chi connectivity index (χ1n) is 7.86. The summed E-state index contributed by atoms with van der Waals surface area (Å²) in [7, 11) is 1.79. The summed E-state index contributed by atoms with van der Waals surface area (Å²) in [6.07, 6.45) is -1.54. The van der Waals surface area contributed by atoms with Crippen molar-refractivity contribution in [2.45, 2.75) is 43.3 Å². The van der Waals surface area contributed by atoms with Gasteiger partial charge in [0.2, 0.25) is 0 Å². The summed E-state index contributed by atoms with van der Waals surface area (Å²) in [6.45, 7) is 0.423. The highest BCUT2D eigenvalue weighted by atomic mass is 19.4. The molecule has 1 fully saturated rings. The molecule has 0 saturated heterocycles. The number of hydrogen-bond acceptors (Lipinski definition) is 5. The van der Waals surface area contributed by atoms with Gasteiger partial charge in [-0.25, -0.2) is 0 Å². The topological polar surface area (TPSA) is 83.2 Å². The third kappa shape index (κ3) is 3.83. The summed E-state index contributed by atoms with van der Waals surface area (Å²) in [6, 6.07) is 1.78. The Morgan fingerprint density at radius 2 is 2.04 bits per heavy atom. The highest BCUT2D eigenvalue weighted by Gasteiger charge is 2.42. The average molecular weight is 356 g/mol. The Labute approximate surface area is 142 Å². The van der Waals surface area contributed by atoms with Crippen molar-refractivity contribution >= 4 is 0 Å². The Hall–Kier alpha value is -1.97. The third-order valence-corrected chi connectivity index (χ3v) is 4.50. The molecule has 4 atom stereocenters. The molecule has 3 rings (SSSR count). The van der Waals surface area contributed by atoms with Crippen molar-refractivity contribution in [2.24, 2.45) is 7.05 Å². The highest BCUT2D eigenvalue weighted by molar-refractivity contribution is 5.25. The van der Waals surface area contributed by atoms with Crippen molar-refractivity contribution in [1.82, 2.24) is 20.1 Å². The maximum Gasteiger partial charge on any atom is 0.433 e. The number of alkyl halides is 3. The summed E-state index contributed by atoms with van der Waals surface area (Å²) in [5.74, 6) is -0.337. The normalized spacial score (nSPS) is 27.0. The number of nitrogens with one attached hydrogen (secondary N) is 1. The van der Waals surface area contributed by atoms with E-state index in [2.05, 4.69) is 15.4 Å². The van der Waals surface area contributed by atoms with Gasteiger partial charge in [-0.05, 0) is 18.1 Å². The maximum absolute atomic E-state index is 12.6. The van der Waals surface area contributed by atoms with Crippen LogP contribution >= 0.6 is 0 Å². The standard InChI is InChI=1S/C16H19F3N4O2/c1-23-8-9(6-22-23)5-21-14-11(4-12(24)15(14)25)10-2-3-13(20-7-10)16(17,18)19/h2-3,6-8,11-12,14-15,21,24-25H,4-5H2,1H3/t11-,12-,14-,15-/m1/s1. The largest absolute Gasteiger partial charge is 0.433 e. The molecule has 1 aliphatic carbocycles. The lowest BCUT2D eigenvalue weighted by atomic mass is 9.94. The van der Waals surface area contributed by atoms with Crippen LogP contribution in [0.2, 0.25) is 0 Å². The quantitative estimate of drug-likeness (QED) is 0.767. The van der Waals surface area contributed by atoms with Crippen LogP contribution in [-0.2, 0) is 19.8 Å². The van der Waals surface area contributed by atoms with Crippen LogP contribution < -0.4 is 5.32 Å². The van der Waals surface area contributed by atoms with E-state index in [0.29, 0.717) is 12.1 Å². The van der Waals surface area contributed by atoms with Crippen LogP contribution in [0.5, 0.6) is 0 Å². The van der Waals surface area contributed by atoms with Crippen molar-refractivity contribution in [3.05, 3.63) is 47.5 Å². The zero-order valence-electron chi connectivity index (χ0n) is 13.5. The molecular weight excluding hydrogens is 337 g/mol. The molecule has 0 unspecified atom stereocenters. The molecular formula is C16H19F3N4O2. The summed E-state index contributed by atoms with van der Waals surface area (Å²) in [5.41, 5.74) is 0.489. The number of rotatable bonds is 4. The van der Waals surface area contributed by atoms with E-state index in [9.17, 15) is 23.4 Å². The van der Waals surface area contributed by atoms with Crippen LogP contribution in [0.3, 0.4) is 0 Å². The van der Waals surface area contributed by atoms with Crippen molar-refractivity contribution in [3.63, 3.8) is 0 Å². The zero-order chi connectivity index (χ0) is 18.2. The molecule has 0 radical (unpaired) electrons. The van der Waals surface area contributed by atoms with Gasteiger partial charge in [0, 0.05) is 43.5 Å². The van der Waals surface area contributed by atoms with Gasteiger partial charge in [-0.2, -0.15) is 18.3 Å². The van der Waals surface area contributed by atoms with Crippen molar-refractivity contribution in [1.29, 1.82) is 0 Å². The van der Waals surface area contributed by atoms with Gasteiger partial charge in [0.1, 0.15) is 5.69 Å². The van der Waals surface area contributed by atoms with Crippen LogP contribution in [0.4, 0.5) is 13.2 Å². The molecule has 9 heteroatoms. The highest BCUT2D eigenvalue weighted by Crippen LogP contribution is 2.36. The summed E-state index contributed by atoms with van der Waals surface area (Å²) in [5, 5.41) is 27.4. The number of aliphatic hydroxyl groups is 2. The summed E-state index contributed by atoms with van der Waals surface area (Å²) in [4.78, 5) is 3.47. The van der Waals surface area contributed by atoms with E-state index in [1.54, 1.807) is 17.9 Å². The number of pyridine rings is 1. The minimum absolute atomic E-state index is 0.249. The fourth-order valence-corrected chi connectivity index (χ4v) is 3.22. The molecule has 1 saturated carbocycles. The number of halogens is 3. The summed E-state index contributed by atoms with van der Waals surface area (Å²) < 4.78 is 39.6. The molecule has 0 aliphatic heterocycles. The zero-order valence-corrected chi connectivity index (χ0v) is 13.5. The predicted octanol–water partition coefficient (Wildman–Crippen LogP) is 1.20. The smallest absolute Gasteiger partial charge is 0.390 e. The van der Waals surface area contributed by atoms with Crippen LogP contribution in [0.25, 0.3) is 0 Å². The molecule has 0 aromatic carbocycles. The van der Waals surface area contributed by atoms with E-state index in [4.69, 9.17) is 0 Å². The van der Waals surface area contributed by atoms with Gasteiger partial charge in [-0.1, -0.05) is 6.07 Å². The number of nitrogens with zero attached hydrogens (tertiary/aromatic N) is 3. The Morgan fingerprint density at radius 3 is 2.60 bits per heavy atom. The van der Waals surface area contributed by atoms with Gasteiger partial charge in [0.25, 0.3) is 0 Å². The minimum atomic E-state index is -4.49. The fourth-order valence-electron chi connectivity index (χ4n) is 3.22. The molecule has 136 valence electrons. The van der Waals surface area contributed by atoms with Crippen LogP contribution in [0, 0.1) is 0 Å². The Bertz CT molecular complexity index is 717. The van der Waals surface area contributed by atoms with Gasteiger partial charge >= 0.3 is 6.18 Å². The molecule has 3 N–H and O–H groups in total. The average Bonchev–Trinajstić information content (AvgIpc) is 3.09. The molecule has 2 heterocycles. The van der Waals surface area contributed by atoms with E-state index >= 15 is 0 Å². The first-order chi connectivity index (χ1) is 11.8. The molecule has 0 amide bonds. The Kier molecular flexibility index (Phi) is 4.81. The van der Waals surface area contributed by atoms with Crippen molar-refractivity contribution < 1.29 is 23.4 Å². The fraction of sp³-hybridized carbons (Fsp3) is 0.500. The van der Waals surface area contributed by atoms with Crippen molar-refractivity contribution in [3.8, 4) is 0 Å². The van der Waals surface area contributed by atoms with E-state index in [-0.39, 0.29) is 12.3 Å². The van der Waals surface area contributed by atoms with Crippen LogP contribution in [-0.4, -0.2) is 43.2 Å². The lowest BCUT2D eigenvalue weighted by Crippen LogP contribution is -2.41. The second-order valence-corrected chi connectivity index (χ2v) is 6.30. The molecule has 0 bridgehead atoms. The Morgan fingerprint density at radius 1 is 1.28 bits per heavy atom. The monoisotopic (exact) mass is 356 g/mol. The summed E-state index contributed by atoms with van der Waals surface area (Å²) >= 11 is 0. The minimum Gasteiger partial charge on any atom is -0.390 e. The molecule has 2 aromatic rings. The lowest BCUT2D eigenvalue weighted by Gasteiger charge is -2.23. The molecule has 6 nitrogen and oxygen atoms in total. The van der Waals surface area contributed by atoms with Crippen LogP contribution in [0.1, 0.15) is 29.2 Å². The number of aryl methyl sites for hydroxylation is 1.